The fraction of sp³-hybridized carbons (Fsp3) is 0.500. The highest BCUT2D eigenvalue weighted by molar-refractivity contribution is 6.35. The fourth-order valence-corrected chi connectivity index (χ4v) is 1.28. The average molecular weight is 249 g/mol. The molecule has 15 heavy (non-hydrogen) atoms. The molecule has 1 rings (SSSR count). The summed E-state index contributed by atoms with van der Waals surface area (Å²) in [5.74, 6) is 0.367. The van der Waals surface area contributed by atoms with Crippen LogP contribution in [0.3, 0.4) is 0 Å². The van der Waals surface area contributed by atoms with Gasteiger partial charge in [-0.05, 0) is 19.4 Å². The van der Waals surface area contributed by atoms with E-state index in [-0.39, 0.29) is 5.54 Å². The van der Waals surface area contributed by atoms with Crippen molar-refractivity contribution < 1.29 is 4.74 Å². The summed E-state index contributed by atoms with van der Waals surface area (Å²) in [6.07, 6.45) is 2.31. The summed E-state index contributed by atoms with van der Waals surface area (Å²) >= 11 is 11.6. The van der Waals surface area contributed by atoms with Crippen LogP contribution in [-0.2, 0) is 0 Å². The Morgan fingerprint density at radius 2 is 2.20 bits per heavy atom. The molecule has 3 nitrogen and oxygen atoms in total. The lowest BCUT2D eigenvalue weighted by molar-refractivity contribution is 0.219. The van der Waals surface area contributed by atoms with Gasteiger partial charge in [0.1, 0.15) is 11.6 Å². The Balaban J connectivity index is 2.66. The zero-order valence-corrected chi connectivity index (χ0v) is 10.3. The van der Waals surface area contributed by atoms with E-state index in [9.17, 15) is 0 Å². The third-order valence-corrected chi connectivity index (χ3v) is 2.60. The Morgan fingerprint density at radius 1 is 1.53 bits per heavy atom. The minimum absolute atomic E-state index is 0.367. The average Bonchev–Trinajstić information content (AvgIpc) is 2.16. The summed E-state index contributed by atoms with van der Waals surface area (Å²) in [4.78, 5) is 3.97. The van der Waals surface area contributed by atoms with Crippen molar-refractivity contribution in [2.45, 2.75) is 25.8 Å². The number of aromatic nitrogens is 1. The molecular formula is C10H14Cl2N2O. The molecule has 0 aliphatic carbocycles. The summed E-state index contributed by atoms with van der Waals surface area (Å²) in [7, 11) is 0. The minimum atomic E-state index is -0.370. The molecule has 0 spiro atoms. The molecule has 1 heterocycles. The van der Waals surface area contributed by atoms with E-state index in [1.807, 2.05) is 13.8 Å². The number of halogens is 2. The topological polar surface area (TPSA) is 48.1 Å². The molecule has 0 radical (unpaired) electrons. The number of pyridine rings is 1. The molecular weight excluding hydrogens is 235 g/mol. The van der Waals surface area contributed by atoms with Crippen LogP contribution in [0.2, 0.25) is 10.0 Å². The highest BCUT2D eigenvalue weighted by Gasteiger charge is 2.17. The molecule has 0 saturated carbocycles. The van der Waals surface area contributed by atoms with Crippen molar-refractivity contribution >= 4 is 23.2 Å². The summed E-state index contributed by atoms with van der Waals surface area (Å²) in [5.41, 5.74) is 5.55. The van der Waals surface area contributed by atoms with Gasteiger partial charge in [-0.1, -0.05) is 30.1 Å². The number of ether oxygens (including phenoxy) is 1. The molecule has 0 bridgehead atoms. The highest BCUT2D eigenvalue weighted by atomic mass is 35.5. The van der Waals surface area contributed by atoms with Gasteiger partial charge < -0.3 is 10.5 Å². The summed E-state index contributed by atoms with van der Waals surface area (Å²) < 4.78 is 5.42. The molecule has 0 aliphatic heterocycles. The first-order valence-electron chi connectivity index (χ1n) is 4.67. The maximum atomic E-state index is 5.92. The van der Waals surface area contributed by atoms with Crippen LogP contribution in [0, 0.1) is 0 Å². The maximum Gasteiger partial charge on any atom is 0.232 e. The Morgan fingerprint density at radius 3 is 2.73 bits per heavy atom. The van der Waals surface area contributed by atoms with Gasteiger partial charge in [-0.3, -0.25) is 0 Å². The van der Waals surface area contributed by atoms with Crippen LogP contribution in [0.15, 0.2) is 12.3 Å². The Labute approximate surface area is 99.5 Å². The van der Waals surface area contributed by atoms with E-state index in [1.54, 1.807) is 6.07 Å². The molecule has 1 unspecified atom stereocenters. The van der Waals surface area contributed by atoms with Crippen molar-refractivity contribution in [3.8, 4) is 5.88 Å². The van der Waals surface area contributed by atoms with Crippen molar-refractivity contribution in [3.05, 3.63) is 22.3 Å². The van der Waals surface area contributed by atoms with Crippen LogP contribution in [0.1, 0.15) is 20.3 Å². The number of hydrogen-bond acceptors (Lipinski definition) is 3. The normalized spacial score (nSPS) is 14.7. The summed E-state index contributed by atoms with van der Waals surface area (Å²) in [6.45, 7) is 4.29. The Hall–Kier alpha value is -0.510. The first-order valence-corrected chi connectivity index (χ1v) is 5.43. The quantitative estimate of drug-likeness (QED) is 0.892. The molecule has 1 aromatic rings. The fourth-order valence-electron chi connectivity index (χ4n) is 0.844. The third-order valence-electron chi connectivity index (χ3n) is 2.12. The first-order chi connectivity index (χ1) is 6.94. The molecule has 1 aromatic heterocycles. The van der Waals surface area contributed by atoms with Gasteiger partial charge in [-0.15, -0.1) is 0 Å². The van der Waals surface area contributed by atoms with Gasteiger partial charge in [0.25, 0.3) is 0 Å². The van der Waals surface area contributed by atoms with Gasteiger partial charge in [0.15, 0.2) is 0 Å². The summed E-state index contributed by atoms with van der Waals surface area (Å²) in [6, 6.07) is 1.59. The lowest BCUT2D eigenvalue weighted by Crippen LogP contribution is -2.41. The van der Waals surface area contributed by atoms with Crippen LogP contribution in [0.5, 0.6) is 5.88 Å². The number of hydrogen-bond donors (Lipinski definition) is 1. The Kier molecular flexibility index (Phi) is 4.20. The molecule has 1 atom stereocenters. The number of rotatable bonds is 4. The standard InChI is InChI=1S/C10H14Cl2N2O/c1-3-10(2,13)6-15-9-8(12)4-7(11)5-14-9/h4-5H,3,6,13H2,1-2H3. The molecule has 0 amide bonds. The zero-order chi connectivity index (χ0) is 11.5. The predicted molar refractivity (Wildman–Crippen MR) is 62.6 cm³/mol. The van der Waals surface area contributed by atoms with Crippen LogP contribution >= 0.6 is 23.2 Å². The molecule has 2 N–H and O–H groups in total. The molecule has 0 aliphatic rings. The van der Waals surface area contributed by atoms with Crippen LogP contribution in [0.4, 0.5) is 0 Å². The van der Waals surface area contributed by atoms with Crippen LogP contribution in [0.25, 0.3) is 0 Å². The number of nitrogens with two attached hydrogens (primary N) is 1. The van der Waals surface area contributed by atoms with Gasteiger partial charge in [0, 0.05) is 11.7 Å². The van der Waals surface area contributed by atoms with Gasteiger partial charge in [-0.25, -0.2) is 4.98 Å². The Bertz CT molecular complexity index is 342. The third kappa shape index (κ3) is 3.86. The number of nitrogens with zero attached hydrogens (tertiary/aromatic N) is 1. The predicted octanol–water partition coefficient (Wildman–Crippen LogP) is 2.89. The van der Waals surface area contributed by atoms with E-state index < -0.39 is 0 Å². The van der Waals surface area contributed by atoms with E-state index in [1.165, 1.54) is 6.20 Å². The van der Waals surface area contributed by atoms with Crippen LogP contribution in [-0.4, -0.2) is 17.1 Å². The summed E-state index contributed by atoms with van der Waals surface area (Å²) in [5, 5.41) is 0.882. The molecule has 84 valence electrons. The second-order valence-electron chi connectivity index (χ2n) is 3.74. The van der Waals surface area contributed by atoms with E-state index in [0.29, 0.717) is 22.5 Å². The van der Waals surface area contributed by atoms with Crippen LogP contribution < -0.4 is 10.5 Å². The van der Waals surface area contributed by atoms with E-state index in [0.717, 1.165) is 6.42 Å². The lowest BCUT2D eigenvalue weighted by atomic mass is 10.0. The smallest absolute Gasteiger partial charge is 0.232 e. The van der Waals surface area contributed by atoms with E-state index in [2.05, 4.69) is 4.98 Å². The van der Waals surface area contributed by atoms with Gasteiger partial charge in [0.2, 0.25) is 5.88 Å². The van der Waals surface area contributed by atoms with Crippen molar-refractivity contribution in [2.24, 2.45) is 5.73 Å². The monoisotopic (exact) mass is 248 g/mol. The van der Waals surface area contributed by atoms with Gasteiger partial charge in [-0.2, -0.15) is 0 Å². The van der Waals surface area contributed by atoms with Gasteiger partial charge >= 0.3 is 0 Å². The van der Waals surface area contributed by atoms with Crippen molar-refractivity contribution in [2.75, 3.05) is 6.61 Å². The van der Waals surface area contributed by atoms with Crippen molar-refractivity contribution in [1.29, 1.82) is 0 Å². The largest absolute Gasteiger partial charge is 0.475 e. The highest BCUT2D eigenvalue weighted by Crippen LogP contribution is 2.25. The lowest BCUT2D eigenvalue weighted by Gasteiger charge is -2.22. The molecule has 0 saturated heterocycles. The van der Waals surface area contributed by atoms with E-state index in [4.69, 9.17) is 33.7 Å². The molecule has 0 aromatic carbocycles. The van der Waals surface area contributed by atoms with E-state index >= 15 is 0 Å². The first kappa shape index (κ1) is 12.6. The minimum Gasteiger partial charge on any atom is -0.475 e. The second-order valence-corrected chi connectivity index (χ2v) is 4.58. The second kappa shape index (κ2) is 5.01. The SMILES string of the molecule is CCC(C)(N)COc1ncc(Cl)cc1Cl. The molecule has 5 heteroatoms. The zero-order valence-electron chi connectivity index (χ0n) is 8.76. The van der Waals surface area contributed by atoms with Crippen molar-refractivity contribution in [1.82, 2.24) is 4.98 Å². The maximum absolute atomic E-state index is 5.92. The molecule has 0 fully saturated rings. The van der Waals surface area contributed by atoms with Gasteiger partial charge in [0.05, 0.1) is 5.02 Å². The van der Waals surface area contributed by atoms with Crippen molar-refractivity contribution in [3.63, 3.8) is 0 Å².